The maximum atomic E-state index is 5.58. The van der Waals surface area contributed by atoms with Crippen LogP contribution in [0.2, 0.25) is 0 Å². The summed E-state index contributed by atoms with van der Waals surface area (Å²) in [6.45, 7) is 8.68. The molecule has 34 heavy (non-hydrogen) atoms. The molecule has 7 heteroatoms. The minimum Gasteiger partial charge on any atom is -0.497 e. The van der Waals surface area contributed by atoms with Crippen LogP contribution >= 0.6 is 11.8 Å². The summed E-state index contributed by atoms with van der Waals surface area (Å²) in [7, 11) is 1.65. The molecular weight excluding hydrogens is 444 g/mol. The molecule has 0 N–H and O–H groups in total. The summed E-state index contributed by atoms with van der Waals surface area (Å²) in [5, 5.41) is 10.5. The van der Waals surface area contributed by atoms with E-state index in [1.54, 1.807) is 18.3 Å². The van der Waals surface area contributed by atoms with E-state index in [4.69, 9.17) is 14.3 Å². The average Bonchev–Trinajstić information content (AvgIpc) is 3.33. The molecule has 1 aliphatic rings. The van der Waals surface area contributed by atoms with Gasteiger partial charge in [0, 0.05) is 27.8 Å². The molecule has 2 heterocycles. The second-order valence-electron chi connectivity index (χ2n) is 7.86. The maximum Gasteiger partial charge on any atom is 0.158 e. The van der Waals surface area contributed by atoms with E-state index in [9.17, 15) is 0 Å². The Morgan fingerprint density at radius 1 is 1.15 bits per heavy atom. The quantitative estimate of drug-likeness (QED) is 0.261. The molecule has 0 atom stereocenters. The van der Waals surface area contributed by atoms with E-state index in [-0.39, 0.29) is 0 Å². The molecule has 4 rings (SSSR count). The number of benzene rings is 2. The third-order valence-electron chi connectivity index (χ3n) is 5.26. The van der Waals surface area contributed by atoms with E-state index in [0.717, 1.165) is 57.5 Å². The number of allylic oxidation sites excluding steroid dienone is 1. The fourth-order valence-corrected chi connectivity index (χ4v) is 4.13. The molecule has 0 spiro atoms. The number of methoxy groups -OCH3 is 1. The minimum atomic E-state index is 0.446. The standard InChI is InChI=1S/C27H28N4O2S/c1-5-14-34-25-12-8-22(9-13-25)26-15-24(33-30-26)17-31-18-27(19(2)16-28-31)29-20(3)21-6-10-23(32-4)11-7-21/h6-13,15-16,18H,2,5,14,17H2,1,3-4H3. The Hall–Kier alpha value is -3.58. The van der Waals surface area contributed by atoms with Crippen LogP contribution in [0.25, 0.3) is 11.3 Å². The van der Waals surface area contributed by atoms with E-state index in [0.29, 0.717) is 6.54 Å². The first kappa shape index (κ1) is 23.6. The number of rotatable bonds is 9. The summed E-state index contributed by atoms with van der Waals surface area (Å²) in [6.07, 6.45) is 4.75. The van der Waals surface area contributed by atoms with Gasteiger partial charge in [-0.3, -0.25) is 10.0 Å². The second kappa shape index (κ2) is 11.0. The minimum absolute atomic E-state index is 0.446. The molecule has 2 aromatic carbocycles. The molecule has 1 aromatic heterocycles. The van der Waals surface area contributed by atoms with Crippen molar-refractivity contribution in [2.24, 2.45) is 10.1 Å². The first-order valence-electron chi connectivity index (χ1n) is 11.2. The molecule has 0 aliphatic carbocycles. The molecule has 0 radical (unpaired) electrons. The fraction of sp³-hybridized carbons (Fsp3) is 0.222. The van der Waals surface area contributed by atoms with Crippen molar-refractivity contribution in [2.45, 2.75) is 31.7 Å². The van der Waals surface area contributed by atoms with Crippen LogP contribution in [0, 0.1) is 0 Å². The van der Waals surface area contributed by atoms with E-state index >= 15 is 0 Å². The Morgan fingerprint density at radius 2 is 1.91 bits per heavy atom. The maximum absolute atomic E-state index is 5.58. The lowest BCUT2D eigenvalue weighted by Crippen LogP contribution is -2.15. The lowest BCUT2D eigenvalue weighted by atomic mass is 10.1. The van der Waals surface area contributed by atoms with Gasteiger partial charge >= 0.3 is 0 Å². The van der Waals surface area contributed by atoms with Crippen LogP contribution in [-0.2, 0) is 6.54 Å². The van der Waals surface area contributed by atoms with Gasteiger partial charge < -0.3 is 9.26 Å². The van der Waals surface area contributed by atoms with Gasteiger partial charge in [-0.1, -0.05) is 30.8 Å². The summed E-state index contributed by atoms with van der Waals surface area (Å²) in [6, 6.07) is 18.2. The topological polar surface area (TPSA) is 63.2 Å². The van der Waals surface area contributed by atoms with Gasteiger partial charge in [0.1, 0.15) is 18.0 Å². The van der Waals surface area contributed by atoms with Gasteiger partial charge in [-0.15, -0.1) is 11.8 Å². The molecule has 0 amide bonds. The molecule has 174 valence electrons. The molecule has 0 saturated heterocycles. The third kappa shape index (κ3) is 5.85. The highest BCUT2D eigenvalue weighted by molar-refractivity contribution is 7.99. The van der Waals surface area contributed by atoms with Crippen molar-refractivity contribution in [2.75, 3.05) is 12.9 Å². The Morgan fingerprint density at radius 3 is 2.62 bits per heavy atom. The Bertz CT molecular complexity index is 1220. The highest BCUT2D eigenvalue weighted by Gasteiger charge is 2.14. The number of thioether (sulfide) groups is 1. The Labute approximate surface area is 204 Å². The fourth-order valence-electron chi connectivity index (χ4n) is 3.36. The van der Waals surface area contributed by atoms with E-state index < -0.39 is 0 Å². The van der Waals surface area contributed by atoms with Crippen LogP contribution in [0.5, 0.6) is 5.75 Å². The molecule has 6 nitrogen and oxygen atoms in total. The SMILES string of the molecule is C=C1C=NN(Cc2cc(-c3ccc(SCCC)cc3)no2)C=C1N=C(C)c1ccc(OC)cc1. The lowest BCUT2D eigenvalue weighted by molar-refractivity contribution is 0.305. The van der Waals surface area contributed by atoms with Crippen molar-refractivity contribution in [1.82, 2.24) is 10.2 Å². The van der Waals surface area contributed by atoms with Gasteiger partial charge in [0.25, 0.3) is 0 Å². The van der Waals surface area contributed by atoms with Crippen molar-refractivity contribution in [3.8, 4) is 17.0 Å². The predicted octanol–water partition coefficient (Wildman–Crippen LogP) is 6.56. The van der Waals surface area contributed by atoms with Gasteiger partial charge in [-0.05, 0) is 61.1 Å². The van der Waals surface area contributed by atoms with Gasteiger partial charge in [0.05, 0.1) is 25.2 Å². The van der Waals surface area contributed by atoms with Crippen LogP contribution in [-0.4, -0.2) is 35.0 Å². The molecule has 1 aliphatic heterocycles. The predicted molar refractivity (Wildman–Crippen MR) is 139 cm³/mol. The van der Waals surface area contributed by atoms with Crippen molar-refractivity contribution < 1.29 is 9.26 Å². The van der Waals surface area contributed by atoms with Crippen LogP contribution < -0.4 is 4.74 Å². The number of hydrogen-bond acceptors (Lipinski definition) is 7. The molecule has 0 bridgehead atoms. The smallest absolute Gasteiger partial charge is 0.158 e. The number of hydrogen-bond donors (Lipinski definition) is 0. The lowest BCUT2D eigenvalue weighted by Gasteiger charge is -2.18. The van der Waals surface area contributed by atoms with Gasteiger partial charge in [0.15, 0.2) is 5.76 Å². The van der Waals surface area contributed by atoms with Crippen LogP contribution in [0.1, 0.15) is 31.6 Å². The van der Waals surface area contributed by atoms with E-state index in [1.807, 2.05) is 55.2 Å². The molecule has 3 aromatic rings. The number of hydrazone groups is 1. The van der Waals surface area contributed by atoms with Crippen molar-refractivity contribution in [1.29, 1.82) is 0 Å². The first-order chi connectivity index (χ1) is 16.6. The number of aliphatic imine (C=N–C) groups is 1. The van der Waals surface area contributed by atoms with Crippen molar-refractivity contribution in [3.05, 3.63) is 90.0 Å². The molecule has 0 unspecified atom stereocenters. The van der Waals surface area contributed by atoms with Crippen molar-refractivity contribution in [3.63, 3.8) is 0 Å². The second-order valence-corrected chi connectivity index (χ2v) is 9.03. The van der Waals surface area contributed by atoms with Gasteiger partial charge in [0.2, 0.25) is 0 Å². The summed E-state index contributed by atoms with van der Waals surface area (Å²) >= 11 is 1.86. The van der Waals surface area contributed by atoms with E-state index in [2.05, 4.69) is 48.0 Å². The van der Waals surface area contributed by atoms with Crippen LogP contribution in [0.4, 0.5) is 0 Å². The molecule has 0 fully saturated rings. The highest BCUT2D eigenvalue weighted by Crippen LogP contribution is 2.26. The summed E-state index contributed by atoms with van der Waals surface area (Å²) < 4.78 is 10.8. The Kier molecular flexibility index (Phi) is 7.65. The van der Waals surface area contributed by atoms with Crippen LogP contribution in [0.15, 0.2) is 98.2 Å². The third-order valence-corrected chi connectivity index (χ3v) is 6.48. The van der Waals surface area contributed by atoms with Crippen LogP contribution in [0.3, 0.4) is 0 Å². The van der Waals surface area contributed by atoms with Gasteiger partial charge in [-0.25, -0.2) is 0 Å². The zero-order chi connectivity index (χ0) is 23.9. The number of ether oxygens (including phenoxy) is 1. The van der Waals surface area contributed by atoms with Gasteiger partial charge in [-0.2, -0.15) is 5.10 Å². The summed E-state index contributed by atoms with van der Waals surface area (Å²) in [4.78, 5) is 6.04. The summed E-state index contributed by atoms with van der Waals surface area (Å²) in [5.41, 5.74) is 5.24. The first-order valence-corrected chi connectivity index (χ1v) is 12.1. The highest BCUT2D eigenvalue weighted by atomic mass is 32.2. The molecular formula is C27H28N4O2S. The Balaban J connectivity index is 1.45. The monoisotopic (exact) mass is 472 g/mol. The number of aromatic nitrogens is 1. The summed E-state index contributed by atoms with van der Waals surface area (Å²) in [5.74, 6) is 2.65. The number of nitrogens with zero attached hydrogens (tertiary/aromatic N) is 4. The average molecular weight is 473 g/mol. The largest absolute Gasteiger partial charge is 0.497 e. The van der Waals surface area contributed by atoms with E-state index in [1.165, 1.54) is 4.90 Å². The molecule has 0 saturated carbocycles. The zero-order valence-electron chi connectivity index (χ0n) is 19.7. The normalized spacial score (nSPS) is 13.9. The van der Waals surface area contributed by atoms with Crippen molar-refractivity contribution >= 4 is 23.7 Å². The zero-order valence-corrected chi connectivity index (χ0v) is 20.5.